The fraction of sp³-hybridized carbons (Fsp3) is 0.400. The topological polar surface area (TPSA) is 35.4 Å². The van der Waals surface area contributed by atoms with Crippen LogP contribution in [0.4, 0.5) is 10.1 Å². The van der Waals surface area contributed by atoms with E-state index in [1.54, 1.807) is 13.2 Å². The van der Waals surface area contributed by atoms with Gasteiger partial charge in [0.2, 0.25) is 0 Å². The van der Waals surface area contributed by atoms with Crippen molar-refractivity contribution < 1.29 is 23.5 Å². The van der Waals surface area contributed by atoms with Crippen molar-refractivity contribution in [3.8, 4) is 11.5 Å². The van der Waals surface area contributed by atoms with Crippen LogP contribution in [0.1, 0.15) is 11.1 Å². The highest BCUT2D eigenvalue weighted by atomic mass is 19.1. The molecule has 0 radical (unpaired) electrons. The summed E-state index contributed by atoms with van der Waals surface area (Å²) in [6.45, 7) is 5.40. The van der Waals surface area contributed by atoms with Crippen molar-refractivity contribution in [3.63, 3.8) is 0 Å². The number of rotatable bonds is 4. The first-order valence-corrected chi connectivity index (χ1v) is 8.97. The molecule has 2 aromatic rings. The van der Waals surface area contributed by atoms with Gasteiger partial charge in [-0.05, 0) is 36.4 Å². The van der Waals surface area contributed by atoms with E-state index in [9.17, 15) is 4.39 Å². The second-order valence-corrected chi connectivity index (χ2v) is 6.78. The smallest absolute Gasteiger partial charge is 0.189 e. The highest BCUT2D eigenvalue weighted by molar-refractivity contribution is 5.49. The highest BCUT2D eigenvalue weighted by Crippen LogP contribution is 2.29. The fourth-order valence-electron chi connectivity index (χ4n) is 3.71. The number of quaternary nitrogens is 1. The summed E-state index contributed by atoms with van der Waals surface area (Å²) in [5, 5.41) is 0. The van der Waals surface area contributed by atoms with Crippen LogP contribution in [0.2, 0.25) is 0 Å². The Hall–Kier alpha value is -2.31. The Balaban J connectivity index is 1.40. The molecule has 26 heavy (non-hydrogen) atoms. The van der Waals surface area contributed by atoms with Crippen LogP contribution in [-0.4, -0.2) is 40.1 Å². The summed E-state index contributed by atoms with van der Waals surface area (Å²) in [6.07, 6.45) is 0. The Kier molecular flexibility index (Phi) is 4.95. The zero-order chi connectivity index (χ0) is 17.9. The molecule has 2 heterocycles. The summed E-state index contributed by atoms with van der Waals surface area (Å²) in [6, 6.07) is 11.3. The van der Waals surface area contributed by atoms with Gasteiger partial charge in [0, 0.05) is 11.3 Å². The molecule has 0 aliphatic carbocycles. The average Bonchev–Trinajstić information content (AvgIpc) is 2.68. The largest absolute Gasteiger partial charge is 0.497 e. The van der Waals surface area contributed by atoms with E-state index in [-0.39, 0.29) is 12.6 Å². The van der Waals surface area contributed by atoms with Gasteiger partial charge >= 0.3 is 0 Å². The number of anilines is 1. The average molecular weight is 359 g/mol. The third-order valence-corrected chi connectivity index (χ3v) is 5.10. The second kappa shape index (κ2) is 7.51. The Morgan fingerprint density at radius 2 is 1.92 bits per heavy atom. The van der Waals surface area contributed by atoms with Crippen molar-refractivity contribution in [1.82, 2.24) is 0 Å². The molecule has 1 fully saturated rings. The summed E-state index contributed by atoms with van der Waals surface area (Å²) in [7, 11) is 1.68. The zero-order valence-corrected chi connectivity index (χ0v) is 15.0. The number of benzene rings is 2. The fourth-order valence-corrected chi connectivity index (χ4v) is 3.71. The lowest BCUT2D eigenvalue weighted by Gasteiger charge is -2.34. The van der Waals surface area contributed by atoms with E-state index in [1.807, 2.05) is 12.1 Å². The van der Waals surface area contributed by atoms with Crippen LogP contribution >= 0.6 is 0 Å². The number of hydrogen-bond acceptors (Lipinski definition) is 4. The molecule has 0 amide bonds. The lowest BCUT2D eigenvalue weighted by atomic mass is 10.1. The number of methoxy groups -OCH3 is 1. The van der Waals surface area contributed by atoms with Crippen molar-refractivity contribution >= 4 is 5.69 Å². The molecule has 2 aliphatic heterocycles. The van der Waals surface area contributed by atoms with Crippen LogP contribution in [0.3, 0.4) is 0 Å². The monoisotopic (exact) mass is 359 g/mol. The van der Waals surface area contributed by atoms with Gasteiger partial charge in [0.25, 0.3) is 0 Å². The van der Waals surface area contributed by atoms with E-state index < -0.39 is 0 Å². The third-order valence-electron chi connectivity index (χ3n) is 5.10. The highest BCUT2D eigenvalue weighted by Gasteiger charge is 2.24. The van der Waals surface area contributed by atoms with E-state index >= 15 is 0 Å². The number of nitrogens with one attached hydrogen (secondary N) is 1. The van der Waals surface area contributed by atoms with E-state index in [0.29, 0.717) is 6.61 Å². The van der Waals surface area contributed by atoms with Gasteiger partial charge in [-0.25, -0.2) is 4.39 Å². The van der Waals surface area contributed by atoms with Crippen molar-refractivity contribution in [3.05, 3.63) is 53.3 Å². The molecule has 0 bridgehead atoms. The Morgan fingerprint density at radius 1 is 1.15 bits per heavy atom. The lowest BCUT2D eigenvalue weighted by Crippen LogP contribution is -3.13. The maximum atomic E-state index is 13.9. The van der Waals surface area contributed by atoms with Crippen LogP contribution in [0.25, 0.3) is 0 Å². The quantitative estimate of drug-likeness (QED) is 0.900. The number of ether oxygens (including phenoxy) is 3. The van der Waals surface area contributed by atoms with Gasteiger partial charge in [0.1, 0.15) is 23.9 Å². The first-order chi connectivity index (χ1) is 12.7. The summed E-state index contributed by atoms with van der Waals surface area (Å²) < 4.78 is 30.0. The first-order valence-electron chi connectivity index (χ1n) is 8.97. The predicted molar refractivity (Wildman–Crippen MR) is 96.3 cm³/mol. The normalized spacial score (nSPS) is 17.5. The third kappa shape index (κ3) is 3.61. The van der Waals surface area contributed by atoms with Crippen LogP contribution in [-0.2, 0) is 17.9 Å². The molecular formula is C20H24FN2O3+. The van der Waals surface area contributed by atoms with Gasteiger partial charge in [-0.1, -0.05) is 0 Å². The summed E-state index contributed by atoms with van der Waals surface area (Å²) in [5.41, 5.74) is 2.96. The molecule has 6 heteroatoms. The Bertz CT molecular complexity index is 758. The minimum atomic E-state index is -0.218. The molecule has 0 aromatic heterocycles. The number of fused-ring (bicyclic) bond motifs is 1. The molecule has 5 nitrogen and oxygen atoms in total. The van der Waals surface area contributed by atoms with Gasteiger partial charge in [0.15, 0.2) is 6.79 Å². The summed E-state index contributed by atoms with van der Waals surface area (Å²) in [4.78, 5) is 3.83. The van der Waals surface area contributed by atoms with Gasteiger partial charge in [-0.15, -0.1) is 0 Å². The number of hydrogen-bond donors (Lipinski definition) is 1. The Labute approximate surface area is 152 Å². The second-order valence-electron chi connectivity index (χ2n) is 6.78. The maximum absolute atomic E-state index is 13.9. The number of piperazine rings is 1. The first kappa shape index (κ1) is 17.1. The zero-order valence-electron chi connectivity index (χ0n) is 15.0. The molecule has 1 saturated heterocycles. The molecule has 0 saturated carbocycles. The van der Waals surface area contributed by atoms with Crippen LogP contribution in [0.15, 0.2) is 36.4 Å². The van der Waals surface area contributed by atoms with E-state index in [1.165, 1.54) is 16.7 Å². The molecular weight excluding hydrogens is 335 g/mol. The molecule has 1 N–H and O–H groups in total. The SMILES string of the molecule is COc1ccc(N2CC[NH+](Cc3cc(F)cc4c3OCOC4)CC2)cc1. The number of halogens is 1. The summed E-state index contributed by atoms with van der Waals surface area (Å²) >= 11 is 0. The molecule has 0 atom stereocenters. The standard InChI is InChI=1S/C20H23FN2O3/c1-24-19-4-2-18(3-5-19)23-8-6-22(7-9-23)12-15-10-17(21)11-16-13-25-14-26-20(15)16/h2-5,10-11H,6-9,12-14H2,1H3/p+1. The molecule has 2 aromatic carbocycles. The van der Waals surface area contributed by atoms with Crippen LogP contribution in [0.5, 0.6) is 11.5 Å². The minimum absolute atomic E-state index is 0.218. The molecule has 0 unspecified atom stereocenters. The van der Waals surface area contributed by atoms with Gasteiger partial charge in [0.05, 0.1) is 45.5 Å². The van der Waals surface area contributed by atoms with Crippen molar-refractivity contribution in [2.45, 2.75) is 13.2 Å². The lowest BCUT2D eigenvalue weighted by molar-refractivity contribution is -0.914. The van der Waals surface area contributed by atoms with Crippen LogP contribution in [0, 0.1) is 5.82 Å². The van der Waals surface area contributed by atoms with Gasteiger partial charge < -0.3 is 24.0 Å². The maximum Gasteiger partial charge on any atom is 0.189 e. The number of nitrogens with zero attached hydrogens (tertiary/aromatic N) is 1. The van der Waals surface area contributed by atoms with E-state index in [2.05, 4.69) is 17.0 Å². The Morgan fingerprint density at radius 3 is 2.65 bits per heavy atom. The molecule has 2 aliphatic rings. The van der Waals surface area contributed by atoms with Gasteiger partial charge in [-0.2, -0.15) is 0 Å². The molecule has 4 rings (SSSR count). The summed E-state index contributed by atoms with van der Waals surface area (Å²) in [5.74, 6) is 1.46. The van der Waals surface area contributed by atoms with Crippen molar-refractivity contribution in [2.24, 2.45) is 0 Å². The van der Waals surface area contributed by atoms with Crippen molar-refractivity contribution in [2.75, 3.05) is 45.0 Å². The molecule has 0 spiro atoms. The van der Waals surface area contributed by atoms with E-state index in [0.717, 1.165) is 55.3 Å². The predicted octanol–water partition coefficient (Wildman–Crippen LogP) is 1.61. The van der Waals surface area contributed by atoms with Gasteiger partial charge in [-0.3, -0.25) is 0 Å². The van der Waals surface area contributed by atoms with E-state index in [4.69, 9.17) is 14.2 Å². The van der Waals surface area contributed by atoms with Crippen LogP contribution < -0.4 is 19.3 Å². The minimum Gasteiger partial charge on any atom is -0.497 e. The van der Waals surface area contributed by atoms with Crippen molar-refractivity contribution in [1.29, 1.82) is 0 Å². The molecule has 138 valence electrons.